The molecule has 2 aromatic rings. The van der Waals surface area contributed by atoms with Gasteiger partial charge in [0.15, 0.2) is 5.06 Å². The molecular formula is C21H31BrOS2. The van der Waals surface area contributed by atoms with Crippen molar-refractivity contribution in [2.45, 2.75) is 78.1 Å². The Morgan fingerprint density at radius 3 is 1.92 bits per heavy atom. The van der Waals surface area contributed by atoms with E-state index in [2.05, 4.69) is 41.9 Å². The molecular weight excluding hydrogens is 412 g/mol. The summed E-state index contributed by atoms with van der Waals surface area (Å²) in [5.41, 5.74) is 2.98. The molecule has 0 bridgehead atoms. The normalized spacial score (nSPS) is 11.2. The van der Waals surface area contributed by atoms with Crippen LogP contribution in [0.2, 0.25) is 0 Å². The number of aryl methyl sites for hydroxylation is 2. The monoisotopic (exact) mass is 442 g/mol. The van der Waals surface area contributed by atoms with E-state index in [1.807, 2.05) is 22.7 Å². The van der Waals surface area contributed by atoms with Gasteiger partial charge in [-0.2, -0.15) is 0 Å². The lowest BCUT2D eigenvalue weighted by Gasteiger charge is -2.06. The predicted molar refractivity (Wildman–Crippen MR) is 118 cm³/mol. The first-order valence-electron chi connectivity index (χ1n) is 9.64. The van der Waals surface area contributed by atoms with Gasteiger partial charge < -0.3 is 4.74 Å². The van der Waals surface area contributed by atoms with Crippen LogP contribution in [-0.4, -0.2) is 7.11 Å². The third kappa shape index (κ3) is 6.41. The minimum atomic E-state index is 1.04. The molecule has 0 aliphatic rings. The first kappa shape index (κ1) is 21.0. The molecule has 4 heteroatoms. The number of thiophene rings is 2. The molecule has 0 saturated heterocycles. The van der Waals surface area contributed by atoms with Crippen molar-refractivity contribution < 1.29 is 4.74 Å². The minimum absolute atomic E-state index is 1.04. The highest BCUT2D eigenvalue weighted by molar-refractivity contribution is 9.11. The van der Waals surface area contributed by atoms with E-state index >= 15 is 0 Å². The molecule has 1 nitrogen and oxygen atoms in total. The second-order valence-corrected chi connectivity index (χ2v) is 10.1. The van der Waals surface area contributed by atoms with Gasteiger partial charge in [0, 0.05) is 4.88 Å². The zero-order chi connectivity index (χ0) is 18.1. The molecule has 2 rings (SSSR count). The predicted octanol–water partition coefficient (Wildman–Crippen LogP) is 8.49. The fraction of sp³-hybridized carbons (Fsp3) is 0.619. The van der Waals surface area contributed by atoms with Crippen molar-refractivity contribution in [3.8, 4) is 14.8 Å². The topological polar surface area (TPSA) is 9.23 Å². The fourth-order valence-corrected chi connectivity index (χ4v) is 6.06. The minimum Gasteiger partial charge on any atom is -0.487 e. The summed E-state index contributed by atoms with van der Waals surface area (Å²) in [6.07, 6.45) is 12.8. The first-order valence-corrected chi connectivity index (χ1v) is 12.1. The van der Waals surface area contributed by atoms with Gasteiger partial charge in [-0.1, -0.05) is 63.7 Å². The summed E-state index contributed by atoms with van der Waals surface area (Å²) in [6, 6.07) is 4.60. The van der Waals surface area contributed by atoms with Crippen molar-refractivity contribution in [1.82, 2.24) is 0 Å². The molecule has 0 aromatic carbocycles. The van der Waals surface area contributed by atoms with Crippen LogP contribution >= 0.6 is 38.6 Å². The van der Waals surface area contributed by atoms with Gasteiger partial charge in [-0.15, -0.1) is 11.3 Å². The van der Waals surface area contributed by atoms with Crippen LogP contribution in [0.25, 0.3) is 9.75 Å². The number of hydrogen-bond acceptors (Lipinski definition) is 3. The van der Waals surface area contributed by atoms with E-state index in [4.69, 9.17) is 4.74 Å². The Balaban J connectivity index is 2.17. The van der Waals surface area contributed by atoms with Gasteiger partial charge in [0.1, 0.15) is 0 Å². The van der Waals surface area contributed by atoms with Crippen molar-refractivity contribution in [2.75, 3.05) is 7.11 Å². The summed E-state index contributed by atoms with van der Waals surface area (Å²) in [5, 5.41) is 1.04. The quantitative estimate of drug-likeness (QED) is 0.299. The lowest BCUT2D eigenvalue weighted by Crippen LogP contribution is -1.89. The molecule has 0 spiro atoms. The van der Waals surface area contributed by atoms with E-state index in [0.29, 0.717) is 0 Å². The Bertz CT molecular complexity index is 630. The van der Waals surface area contributed by atoms with E-state index in [1.165, 1.54) is 88.9 Å². The number of ether oxygens (including phenoxy) is 1. The Morgan fingerprint density at radius 2 is 1.36 bits per heavy atom. The smallest absolute Gasteiger partial charge is 0.174 e. The summed E-state index contributed by atoms with van der Waals surface area (Å²) in [6.45, 7) is 4.54. The second-order valence-electron chi connectivity index (χ2n) is 6.65. The largest absolute Gasteiger partial charge is 0.487 e. The summed E-state index contributed by atoms with van der Waals surface area (Å²) in [7, 11) is 1.78. The van der Waals surface area contributed by atoms with Crippen LogP contribution in [0.1, 0.15) is 76.3 Å². The number of halogens is 1. The van der Waals surface area contributed by atoms with Crippen LogP contribution in [0.4, 0.5) is 0 Å². The third-order valence-electron chi connectivity index (χ3n) is 4.57. The molecule has 0 fully saturated rings. The Labute approximate surface area is 169 Å². The molecule has 0 unspecified atom stereocenters. The molecule has 0 saturated carbocycles. The summed E-state index contributed by atoms with van der Waals surface area (Å²) >= 11 is 7.42. The molecule has 0 radical (unpaired) electrons. The van der Waals surface area contributed by atoms with Crippen molar-refractivity contribution >= 4 is 38.6 Å². The van der Waals surface area contributed by atoms with E-state index in [-0.39, 0.29) is 0 Å². The first-order chi connectivity index (χ1) is 12.2. The molecule has 2 heterocycles. The Hall–Kier alpha value is -0.320. The SMILES string of the molecule is CCCCCCc1cc(Br)sc1-c1sc(OC)cc1CCCCCC. The van der Waals surface area contributed by atoms with Gasteiger partial charge in [0.05, 0.1) is 15.8 Å². The van der Waals surface area contributed by atoms with Crippen molar-refractivity contribution in [3.63, 3.8) is 0 Å². The van der Waals surface area contributed by atoms with Crippen LogP contribution in [0, 0.1) is 0 Å². The molecule has 2 aromatic heterocycles. The van der Waals surface area contributed by atoms with Crippen molar-refractivity contribution in [1.29, 1.82) is 0 Å². The highest BCUT2D eigenvalue weighted by Gasteiger charge is 2.17. The Kier molecular flexibility index (Phi) is 9.57. The maximum atomic E-state index is 5.56. The second kappa shape index (κ2) is 11.4. The third-order valence-corrected chi connectivity index (χ3v) is 7.56. The van der Waals surface area contributed by atoms with Gasteiger partial charge in [0.25, 0.3) is 0 Å². The zero-order valence-corrected chi connectivity index (χ0v) is 19.0. The van der Waals surface area contributed by atoms with Gasteiger partial charge in [0.2, 0.25) is 0 Å². The van der Waals surface area contributed by atoms with Crippen molar-refractivity contribution in [3.05, 3.63) is 27.0 Å². The molecule has 0 aliphatic carbocycles. The molecule has 0 amide bonds. The molecule has 0 aliphatic heterocycles. The van der Waals surface area contributed by atoms with Gasteiger partial charge in [-0.3, -0.25) is 0 Å². The lowest BCUT2D eigenvalue weighted by molar-refractivity contribution is 0.427. The number of methoxy groups -OCH3 is 1. The van der Waals surface area contributed by atoms with E-state index < -0.39 is 0 Å². The lowest BCUT2D eigenvalue weighted by atomic mass is 10.0. The van der Waals surface area contributed by atoms with Crippen LogP contribution in [0.15, 0.2) is 15.9 Å². The van der Waals surface area contributed by atoms with E-state index in [1.54, 1.807) is 7.11 Å². The highest BCUT2D eigenvalue weighted by Crippen LogP contribution is 2.45. The standard InChI is InChI=1S/C21H31BrOS2/c1-4-6-8-10-12-16-14-18(22)24-20(16)21-17(13-11-9-7-5-2)15-19(23-3)25-21/h14-15H,4-13H2,1-3H3. The molecule has 0 atom stereocenters. The summed E-state index contributed by atoms with van der Waals surface area (Å²) in [4.78, 5) is 2.90. The maximum Gasteiger partial charge on any atom is 0.174 e. The van der Waals surface area contributed by atoms with E-state index in [0.717, 1.165) is 5.06 Å². The van der Waals surface area contributed by atoms with Crippen LogP contribution in [0.5, 0.6) is 5.06 Å². The molecule has 140 valence electrons. The van der Waals surface area contributed by atoms with Crippen LogP contribution < -0.4 is 4.74 Å². The van der Waals surface area contributed by atoms with Crippen LogP contribution in [-0.2, 0) is 12.8 Å². The summed E-state index contributed by atoms with van der Waals surface area (Å²) < 4.78 is 6.80. The average Bonchev–Trinajstić information content (AvgIpc) is 3.18. The van der Waals surface area contributed by atoms with Gasteiger partial charge in [-0.05, 0) is 64.9 Å². The summed E-state index contributed by atoms with van der Waals surface area (Å²) in [5.74, 6) is 0. The van der Waals surface area contributed by atoms with Gasteiger partial charge in [-0.25, -0.2) is 0 Å². The highest BCUT2D eigenvalue weighted by atomic mass is 79.9. The number of hydrogen-bond donors (Lipinski definition) is 0. The molecule has 25 heavy (non-hydrogen) atoms. The Morgan fingerprint density at radius 1 is 0.800 bits per heavy atom. The fourth-order valence-electron chi connectivity index (χ4n) is 3.14. The molecule has 0 N–H and O–H groups in total. The number of rotatable bonds is 12. The zero-order valence-electron chi connectivity index (χ0n) is 15.8. The van der Waals surface area contributed by atoms with Crippen LogP contribution in [0.3, 0.4) is 0 Å². The van der Waals surface area contributed by atoms with Gasteiger partial charge >= 0.3 is 0 Å². The van der Waals surface area contributed by atoms with Crippen molar-refractivity contribution in [2.24, 2.45) is 0 Å². The maximum absolute atomic E-state index is 5.56. The number of unbranched alkanes of at least 4 members (excludes halogenated alkanes) is 6. The van der Waals surface area contributed by atoms with E-state index in [9.17, 15) is 0 Å². The average molecular weight is 444 g/mol.